The molecule has 2 N–H and O–H groups in total. The third kappa shape index (κ3) is 1.92. The van der Waals surface area contributed by atoms with E-state index < -0.39 is 0 Å². The summed E-state index contributed by atoms with van der Waals surface area (Å²) in [7, 11) is 0. The van der Waals surface area contributed by atoms with Crippen LogP contribution in [0.5, 0.6) is 11.5 Å². The van der Waals surface area contributed by atoms with Crippen LogP contribution in [0.2, 0.25) is 0 Å². The summed E-state index contributed by atoms with van der Waals surface area (Å²) in [6.45, 7) is 3.17. The number of ether oxygens (including phenoxy) is 2. The molecular weight excluding hydrogens is 190 g/mol. The molecule has 15 heavy (non-hydrogen) atoms. The molecule has 0 aromatic heterocycles. The van der Waals surface area contributed by atoms with Crippen LogP contribution in [-0.2, 0) is 0 Å². The molecule has 1 atom stereocenters. The van der Waals surface area contributed by atoms with Gasteiger partial charge in [-0.2, -0.15) is 0 Å². The standard InChI is InChI=1S/C12H17NO2/c1-2-7-12(8-13)9-14-10-5-3-4-6-11(10)15-12/h3-6H,2,7-9,13H2,1H3/t12-/m1/s1. The zero-order valence-electron chi connectivity index (χ0n) is 9.03. The fourth-order valence-corrected chi connectivity index (χ4v) is 1.91. The second-order valence-corrected chi connectivity index (χ2v) is 3.97. The van der Waals surface area contributed by atoms with E-state index in [2.05, 4.69) is 6.92 Å². The van der Waals surface area contributed by atoms with Gasteiger partial charge >= 0.3 is 0 Å². The van der Waals surface area contributed by atoms with Crippen molar-refractivity contribution in [3.63, 3.8) is 0 Å². The number of benzene rings is 1. The van der Waals surface area contributed by atoms with Gasteiger partial charge in [-0.15, -0.1) is 0 Å². The smallest absolute Gasteiger partial charge is 0.162 e. The van der Waals surface area contributed by atoms with Crippen LogP contribution in [0.25, 0.3) is 0 Å². The van der Waals surface area contributed by atoms with Gasteiger partial charge in [-0.3, -0.25) is 0 Å². The molecule has 1 aromatic carbocycles. The normalized spacial score (nSPS) is 23.9. The first-order valence-electron chi connectivity index (χ1n) is 5.40. The largest absolute Gasteiger partial charge is 0.485 e. The molecule has 0 saturated heterocycles. The van der Waals surface area contributed by atoms with Crippen LogP contribution in [0.4, 0.5) is 0 Å². The fourth-order valence-electron chi connectivity index (χ4n) is 1.91. The Morgan fingerprint density at radius 3 is 2.73 bits per heavy atom. The van der Waals surface area contributed by atoms with E-state index >= 15 is 0 Å². The van der Waals surface area contributed by atoms with Crippen molar-refractivity contribution in [3.05, 3.63) is 24.3 Å². The van der Waals surface area contributed by atoms with Crippen LogP contribution in [0.3, 0.4) is 0 Å². The summed E-state index contributed by atoms with van der Waals surface area (Å²) in [5, 5.41) is 0. The zero-order valence-corrected chi connectivity index (χ0v) is 9.03. The highest BCUT2D eigenvalue weighted by atomic mass is 16.6. The lowest BCUT2D eigenvalue weighted by Crippen LogP contribution is -2.50. The molecule has 0 aliphatic carbocycles. The zero-order chi connectivity index (χ0) is 10.7. The van der Waals surface area contributed by atoms with Crippen molar-refractivity contribution in [2.45, 2.75) is 25.4 Å². The quantitative estimate of drug-likeness (QED) is 0.824. The lowest BCUT2D eigenvalue weighted by molar-refractivity contribution is -0.00848. The van der Waals surface area contributed by atoms with Gasteiger partial charge in [-0.05, 0) is 18.6 Å². The highest BCUT2D eigenvalue weighted by molar-refractivity contribution is 5.41. The number of rotatable bonds is 3. The minimum Gasteiger partial charge on any atom is -0.485 e. The summed E-state index contributed by atoms with van der Waals surface area (Å²) in [4.78, 5) is 0. The monoisotopic (exact) mass is 207 g/mol. The highest BCUT2D eigenvalue weighted by Gasteiger charge is 2.35. The molecule has 0 bridgehead atoms. The molecule has 1 aromatic rings. The Balaban J connectivity index is 2.22. The first kappa shape index (κ1) is 10.3. The summed E-state index contributed by atoms with van der Waals surface area (Å²) in [6, 6.07) is 7.73. The number of hydrogen-bond donors (Lipinski definition) is 1. The molecule has 1 heterocycles. The third-order valence-electron chi connectivity index (χ3n) is 2.74. The summed E-state index contributed by atoms with van der Waals surface area (Å²) in [5.74, 6) is 1.63. The second kappa shape index (κ2) is 4.11. The molecule has 82 valence electrons. The average Bonchev–Trinajstić information content (AvgIpc) is 2.29. The Kier molecular flexibility index (Phi) is 2.82. The maximum Gasteiger partial charge on any atom is 0.162 e. The van der Waals surface area contributed by atoms with Gasteiger partial charge in [0.1, 0.15) is 6.61 Å². The van der Waals surface area contributed by atoms with Crippen LogP contribution in [0.1, 0.15) is 19.8 Å². The van der Waals surface area contributed by atoms with E-state index in [1.807, 2.05) is 24.3 Å². The minimum atomic E-state index is -0.330. The van der Waals surface area contributed by atoms with E-state index in [1.54, 1.807) is 0 Å². The Hall–Kier alpha value is -1.22. The van der Waals surface area contributed by atoms with E-state index in [9.17, 15) is 0 Å². The van der Waals surface area contributed by atoms with E-state index in [1.165, 1.54) is 0 Å². The van der Waals surface area contributed by atoms with E-state index in [0.29, 0.717) is 13.2 Å². The van der Waals surface area contributed by atoms with Crippen LogP contribution in [0.15, 0.2) is 24.3 Å². The molecular formula is C12H17NO2. The van der Waals surface area contributed by atoms with Crippen molar-refractivity contribution in [2.24, 2.45) is 5.73 Å². The van der Waals surface area contributed by atoms with Gasteiger partial charge in [0.2, 0.25) is 0 Å². The van der Waals surface area contributed by atoms with Crippen LogP contribution < -0.4 is 15.2 Å². The Labute approximate surface area is 90.2 Å². The molecule has 0 spiro atoms. The van der Waals surface area contributed by atoms with Crippen molar-refractivity contribution >= 4 is 0 Å². The molecule has 0 saturated carbocycles. The number of hydrogen-bond acceptors (Lipinski definition) is 3. The first-order valence-corrected chi connectivity index (χ1v) is 5.40. The second-order valence-electron chi connectivity index (χ2n) is 3.97. The third-order valence-corrected chi connectivity index (χ3v) is 2.74. The van der Waals surface area contributed by atoms with Gasteiger partial charge in [-0.25, -0.2) is 0 Å². The van der Waals surface area contributed by atoms with E-state index in [-0.39, 0.29) is 5.60 Å². The lowest BCUT2D eigenvalue weighted by atomic mass is 9.98. The van der Waals surface area contributed by atoms with Gasteiger partial charge in [-0.1, -0.05) is 25.5 Å². The van der Waals surface area contributed by atoms with Gasteiger partial charge in [0.25, 0.3) is 0 Å². The van der Waals surface area contributed by atoms with Crippen molar-refractivity contribution in [1.29, 1.82) is 0 Å². The molecule has 0 fully saturated rings. The molecule has 0 unspecified atom stereocenters. The highest BCUT2D eigenvalue weighted by Crippen LogP contribution is 2.36. The topological polar surface area (TPSA) is 44.5 Å². The predicted octanol–water partition coefficient (Wildman–Crippen LogP) is 1.96. The van der Waals surface area contributed by atoms with Crippen molar-refractivity contribution in [2.75, 3.05) is 13.2 Å². The number of para-hydroxylation sites is 2. The van der Waals surface area contributed by atoms with Crippen LogP contribution >= 0.6 is 0 Å². The molecule has 1 aliphatic heterocycles. The van der Waals surface area contributed by atoms with Gasteiger partial charge < -0.3 is 15.2 Å². The summed E-state index contributed by atoms with van der Waals surface area (Å²) < 4.78 is 11.6. The lowest BCUT2D eigenvalue weighted by Gasteiger charge is -2.37. The van der Waals surface area contributed by atoms with E-state index in [4.69, 9.17) is 15.2 Å². The maximum atomic E-state index is 5.96. The Bertz CT molecular complexity index is 340. The minimum absolute atomic E-state index is 0.330. The summed E-state index contributed by atoms with van der Waals surface area (Å²) in [6.07, 6.45) is 1.97. The molecule has 3 nitrogen and oxygen atoms in total. The first-order chi connectivity index (χ1) is 7.29. The molecule has 3 heteroatoms. The number of fused-ring (bicyclic) bond motifs is 1. The van der Waals surface area contributed by atoms with Gasteiger partial charge in [0.05, 0.1) is 0 Å². The van der Waals surface area contributed by atoms with Crippen LogP contribution in [0, 0.1) is 0 Å². The maximum absolute atomic E-state index is 5.96. The van der Waals surface area contributed by atoms with E-state index in [0.717, 1.165) is 24.3 Å². The van der Waals surface area contributed by atoms with Gasteiger partial charge in [0, 0.05) is 6.54 Å². The average molecular weight is 207 g/mol. The Morgan fingerprint density at radius 1 is 1.33 bits per heavy atom. The Morgan fingerprint density at radius 2 is 2.07 bits per heavy atom. The van der Waals surface area contributed by atoms with Crippen molar-refractivity contribution in [1.82, 2.24) is 0 Å². The molecule has 2 rings (SSSR count). The number of nitrogens with two attached hydrogens (primary N) is 1. The summed E-state index contributed by atoms with van der Waals surface area (Å²) in [5.41, 5.74) is 5.45. The fraction of sp³-hybridized carbons (Fsp3) is 0.500. The SMILES string of the molecule is CCC[C@@]1(CN)COc2ccccc2O1. The molecule has 1 aliphatic rings. The van der Waals surface area contributed by atoms with Gasteiger partial charge in [0.15, 0.2) is 17.1 Å². The van der Waals surface area contributed by atoms with Crippen LogP contribution in [-0.4, -0.2) is 18.8 Å². The van der Waals surface area contributed by atoms with Crippen molar-refractivity contribution in [3.8, 4) is 11.5 Å². The predicted molar refractivity (Wildman–Crippen MR) is 59.3 cm³/mol. The molecule has 0 radical (unpaired) electrons. The summed E-state index contributed by atoms with van der Waals surface area (Å²) >= 11 is 0. The molecule has 0 amide bonds. The van der Waals surface area contributed by atoms with Crippen molar-refractivity contribution < 1.29 is 9.47 Å².